The monoisotopic (exact) mass is 236 g/mol. The maximum absolute atomic E-state index is 11.3. The number of nitrogens with two attached hydrogens (primary N) is 1. The molecule has 0 fully saturated rings. The highest BCUT2D eigenvalue weighted by Crippen LogP contribution is 2.33. The van der Waals surface area contributed by atoms with Gasteiger partial charge < -0.3 is 11.1 Å². The smallest absolute Gasteiger partial charge is 0.224 e. The lowest BCUT2D eigenvalue weighted by atomic mass is 10.0. The zero-order valence-corrected chi connectivity index (χ0v) is 10.2. The van der Waals surface area contributed by atoms with Crippen molar-refractivity contribution in [2.75, 3.05) is 16.8 Å². The molecule has 4 heteroatoms. The van der Waals surface area contributed by atoms with Gasteiger partial charge in [0.2, 0.25) is 5.91 Å². The Morgan fingerprint density at radius 2 is 2.25 bits per heavy atom. The summed E-state index contributed by atoms with van der Waals surface area (Å²) in [6.07, 6.45) is 2.48. The van der Waals surface area contributed by atoms with Gasteiger partial charge in [-0.2, -0.15) is 0 Å². The SMILES string of the molecule is CCCSc1cc2c(cc1N)CCC(=O)N2. The summed E-state index contributed by atoms with van der Waals surface area (Å²) >= 11 is 1.74. The number of thioether (sulfide) groups is 1. The Hall–Kier alpha value is -1.16. The van der Waals surface area contributed by atoms with Gasteiger partial charge in [-0.25, -0.2) is 0 Å². The molecular weight excluding hydrogens is 220 g/mol. The number of carbonyl (C=O) groups excluding carboxylic acids is 1. The quantitative estimate of drug-likeness (QED) is 0.626. The van der Waals surface area contributed by atoms with Gasteiger partial charge in [0.05, 0.1) is 0 Å². The Kier molecular flexibility index (Phi) is 3.39. The summed E-state index contributed by atoms with van der Waals surface area (Å²) in [5.74, 6) is 1.15. The maximum Gasteiger partial charge on any atom is 0.224 e. The number of benzene rings is 1. The van der Waals surface area contributed by atoms with Crippen LogP contribution in [0.4, 0.5) is 11.4 Å². The van der Waals surface area contributed by atoms with E-state index in [4.69, 9.17) is 5.73 Å². The fourth-order valence-electron chi connectivity index (χ4n) is 1.76. The van der Waals surface area contributed by atoms with Crippen molar-refractivity contribution in [2.45, 2.75) is 31.1 Å². The van der Waals surface area contributed by atoms with Crippen LogP contribution in [0.15, 0.2) is 17.0 Å². The van der Waals surface area contributed by atoms with Gasteiger partial charge in [0.1, 0.15) is 0 Å². The Morgan fingerprint density at radius 3 is 3.00 bits per heavy atom. The fourth-order valence-corrected chi connectivity index (χ4v) is 2.62. The molecule has 0 bridgehead atoms. The molecule has 0 aromatic heterocycles. The van der Waals surface area contributed by atoms with E-state index in [0.717, 1.165) is 40.4 Å². The lowest BCUT2D eigenvalue weighted by Gasteiger charge is -2.18. The summed E-state index contributed by atoms with van der Waals surface area (Å²) in [5.41, 5.74) is 8.90. The molecule has 0 radical (unpaired) electrons. The summed E-state index contributed by atoms with van der Waals surface area (Å²) in [6.45, 7) is 2.14. The molecule has 1 aliphatic rings. The summed E-state index contributed by atoms with van der Waals surface area (Å²) in [7, 11) is 0. The number of anilines is 2. The van der Waals surface area contributed by atoms with Crippen molar-refractivity contribution in [1.82, 2.24) is 0 Å². The standard InChI is InChI=1S/C12H16N2OS/c1-2-5-16-11-7-10-8(6-9(11)13)3-4-12(15)14-10/h6-7H,2-5,13H2,1H3,(H,14,15). The molecule has 3 N–H and O–H groups in total. The lowest BCUT2D eigenvalue weighted by Crippen LogP contribution is -2.19. The average molecular weight is 236 g/mol. The number of hydrogen-bond acceptors (Lipinski definition) is 3. The molecule has 0 saturated heterocycles. The molecule has 1 amide bonds. The van der Waals surface area contributed by atoms with E-state index in [2.05, 4.69) is 12.2 Å². The topological polar surface area (TPSA) is 55.1 Å². The van der Waals surface area contributed by atoms with Gasteiger partial charge in [0.25, 0.3) is 0 Å². The molecule has 3 nitrogen and oxygen atoms in total. The van der Waals surface area contributed by atoms with Gasteiger partial charge >= 0.3 is 0 Å². The van der Waals surface area contributed by atoms with Crippen molar-refractivity contribution in [2.24, 2.45) is 0 Å². The number of nitrogen functional groups attached to an aromatic ring is 1. The molecule has 1 aromatic rings. The molecule has 0 unspecified atom stereocenters. The highest BCUT2D eigenvalue weighted by molar-refractivity contribution is 7.99. The van der Waals surface area contributed by atoms with Crippen LogP contribution in [-0.4, -0.2) is 11.7 Å². The molecule has 2 rings (SSSR count). The van der Waals surface area contributed by atoms with Crippen LogP contribution in [0, 0.1) is 0 Å². The van der Waals surface area contributed by atoms with Crippen molar-refractivity contribution >= 4 is 29.0 Å². The number of rotatable bonds is 3. The van der Waals surface area contributed by atoms with Crippen molar-refractivity contribution in [3.8, 4) is 0 Å². The molecule has 1 heterocycles. The van der Waals surface area contributed by atoms with Crippen LogP contribution in [0.2, 0.25) is 0 Å². The van der Waals surface area contributed by atoms with E-state index in [1.54, 1.807) is 11.8 Å². The van der Waals surface area contributed by atoms with Crippen LogP contribution in [0.3, 0.4) is 0 Å². The number of amides is 1. The van der Waals surface area contributed by atoms with Gasteiger partial charge in [0, 0.05) is 22.7 Å². The first-order valence-electron chi connectivity index (χ1n) is 5.55. The third-order valence-electron chi connectivity index (χ3n) is 2.59. The Balaban J connectivity index is 2.27. The van der Waals surface area contributed by atoms with Crippen LogP contribution in [0.25, 0.3) is 0 Å². The lowest BCUT2D eigenvalue weighted by molar-refractivity contribution is -0.116. The van der Waals surface area contributed by atoms with Crippen molar-refractivity contribution in [3.63, 3.8) is 0 Å². The van der Waals surface area contributed by atoms with Crippen molar-refractivity contribution in [3.05, 3.63) is 17.7 Å². The second-order valence-corrected chi connectivity index (χ2v) is 5.08. The minimum Gasteiger partial charge on any atom is -0.398 e. The first-order valence-corrected chi connectivity index (χ1v) is 6.54. The number of fused-ring (bicyclic) bond motifs is 1. The minimum atomic E-state index is 0.101. The molecule has 0 spiro atoms. The Morgan fingerprint density at radius 1 is 1.44 bits per heavy atom. The maximum atomic E-state index is 11.3. The van der Waals surface area contributed by atoms with E-state index < -0.39 is 0 Å². The summed E-state index contributed by atoms with van der Waals surface area (Å²) in [5, 5.41) is 2.90. The van der Waals surface area contributed by atoms with Gasteiger partial charge in [-0.05, 0) is 36.3 Å². The number of carbonyl (C=O) groups is 1. The molecule has 0 atom stereocenters. The van der Waals surface area contributed by atoms with Crippen LogP contribution < -0.4 is 11.1 Å². The zero-order chi connectivity index (χ0) is 11.5. The average Bonchev–Trinajstić information content (AvgIpc) is 2.27. The molecule has 0 aliphatic carbocycles. The second-order valence-electron chi connectivity index (χ2n) is 3.94. The number of hydrogen-bond donors (Lipinski definition) is 2. The van der Waals surface area contributed by atoms with E-state index in [1.807, 2.05) is 12.1 Å². The fraction of sp³-hybridized carbons (Fsp3) is 0.417. The van der Waals surface area contributed by atoms with Crippen molar-refractivity contribution < 1.29 is 4.79 Å². The van der Waals surface area contributed by atoms with E-state index in [-0.39, 0.29) is 5.91 Å². The summed E-state index contributed by atoms with van der Waals surface area (Å²) in [4.78, 5) is 12.4. The van der Waals surface area contributed by atoms with Gasteiger partial charge in [-0.3, -0.25) is 4.79 Å². The predicted octanol–water partition coefficient (Wildman–Crippen LogP) is 2.66. The van der Waals surface area contributed by atoms with Crippen molar-refractivity contribution in [1.29, 1.82) is 0 Å². The number of aryl methyl sites for hydroxylation is 1. The highest BCUT2D eigenvalue weighted by Gasteiger charge is 2.16. The predicted molar refractivity (Wildman–Crippen MR) is 68.8 cm³/mol. The molecular formula is C12H16N2OS. The molecule has 16 heavy (non-hydrogen) atoms. The Bertz CT molecular complexity index is 418. The van der Waals surface area contributed by atoms with E-state index in [1.165, 1.54) is 0 Å². The van der Waals surface area contributed by atoms with Crippen LogP contribution >= 0.6 is 11.8 Å². The second kappa shape index (κ2) is 4.78. The molecule has 0 saturated carbocycles. The summed E-state index contributed by atoms with van der Waals surface area (Å²) in [6, 6.07) is 3.99. The molecule has 1 aromatic carbocycles. The Labute approximate surface area is 99.8 Å². The largest absolute Gasteiger partial charge is 0.398 e. The van der Waals surface area contributed by atoms with E-state index >= 15 is 0 Å². The minimum absolute atomic E-state index is 0.101. The summed E-state index contributed by atoms with van der Waals surface area (Å²) < 4.78 is 0. The van der Waals surface area contributed by atoms with Crippen LogP contribution in [0.5, 0.6) is 0 Å². The van der Waals surface area contributed by atoms with E-state index in [0.29, 0.717) is 6.42 Å². The van der Waals surface area contributed by atoms with Gasteiger partial charge in [0.15, 0.2) is 0 Å². The van der Waals surface area contributed by atoms with Gasteiger partial charge in [-0.1, -0.05) is 6.92 Å². The molecule has 86 valence electrons. The van der Waals surface area contributed by atoms with Gasteiger partial charge in [-0.15, -0.1) is 11.8 Å². The normalized spacial score (nSPS) is 14.4. The third kappa shape index (κ3) is 2.32. The zero-order valence-electron chi connectivity index (χ0n) is 9.38. The highest BCUT2D eigenvalue weighted by atomic mass is 32.2. The van der Waals surface area contributed by atoms with Crippen LogP contribution in [-0.2, 0) is 11.2 Å². The third-order valence-corrected chi connectivity index (χ3v) is 3.87. The van der Waals surface area contributed by atoms with E-state index in [9.17, 15) is 4.79 Å². The molecule has 1 aliphatic heterocycles. The number of nitrogens with one attached hydrogen (secondary N) is 1. The first-order chi connectivity index (χ1) is 7.70. The van der Waals surface area contributed by atoms with Crippen LogP contribution in [0.1, 0.15) is 25.3 Å². The first kappa shape index (κ1) is 11.3.